The second kappa shape index (κ2) is 5.53. The standard InChI is InChI=1S/C12H23NO3/c1-9-7-10(5-6-15-9)8-13-11(14)16-12(2,3)4/h9-10H,5-8H2,1-4H3,(H,13,14). The Hall–Kier alpha value is -0.770. The molecule has 0 bridgehead atoms. The molecule has 0 aromatic rings. The number of rotatable bonds is 2. The monoisotopic (exact) mass is 229 g/mol. The molecule has 0 spiro atoms. The molecular formula is C12H23NO3. The Balaban J connectivity index is 2.21. The first-order valence-electron chi connectivity index (χ1n) is 5.95. The van der Waals surface area contributed by atoms with Gasteiger partial charge >= 0.3 is 6.09 Å². The maximum atomic E-state index is 11.4. The van der Waals surface area contributed by atoms with Crippen LogP contribution in [0.4, 0.5) is 4.79 Å². The molecule has 0 aliphatic carbocycles. The molecule has 1 amide bonds. The van der Waals surface area contributed by atoms with Gasteiger partial charge in [-0.3, -0.25) is 0 Å². The Morgan fingerprint density at radius 1 is 1.50 bits per heavy atom. The second-order valence-corrected chi connectivity index (χ2v) is 5.45. The van der Waals surface area contributed by atoms with Crippen molar-refractivity contribution in [2.45, 2.75) is 52.2 Å². The minimum Gasteiger partial charge on any atom is -0.444 e. The van der Waals surface area contributed by atoms with E-state index in [2.05, 4.69) is 12.2 Å². The summed E-state index contributed by atoms with van der Waals surface area (Å²) < 4.78 is 10.6. The lowest BCUT2D eigenvalue weighted by atomic mass is 9.96. The SMILES string of the molecule is CC1CC(CNC(=O)OC(C)(C)C)CCO1. The Labute approximate surface area is 97.7 Å². The lowest BCUT2D eigenvalue weighted by Crippen LogP contribution is -2.37. The number of carbonyl (C=O) groups excluding carboxylic acids is 1. The molecule has 4 nitrogen and oxygen atoms in total. The van der Waals surface area contributed by atoms with Gasteiger partial charge in [0.2, 0.25) is 0 Å². The van der Waals surface area contributed by atoms with Crippen LogP contribution in [0.25, 0.3) is 0 Å². The third-order valence-electron chi connectivity index (χ3n) is 2.53. The summed E-state index contributed by atoms with van der Waals surface area (Å²) in [6.07, 6.45) is 2.00. The van der Waals surface area contributed by atoms with Crippen molar-refractivity contribution in [2.24, 2.45) is 5.92 Å². The molecule has 16 heavy (non-hydrogen) atoms. The predicted octanol–water partition coefficient (Wildman–Crippen LogP) is 2.33. The van der Waals surface area contributed by atoms with Crippen molar-refractivity contribution >= 4 is 6.09 Å². The molecule has 2 unspecified atom stereocenters. The summed E-state index contributed by atoms with van der Waals surface area (Å²) in [4.78, 5) is 11.4. The number of amides is 1. The van der Waals surface area contributed by atoms with Gasteiger partial charge in [0.25, 0.3) is 0 Å². The molecule has 1 saturated heterocycles. The molecule has 1 aliphatic rings. The Morgan fingerprint density at radius 2 is 2.19 bits per heavy atom. The largest absolute Gasteiger partial charge is 0.444 e. The quantitative estimate of drug-likeness (QED) is 0.790. The van der Waals surface area contributed by atoms with E-state index < -0.39 is 5.60 Å². The molecule has 0 radical (unpaired) electrons. The maximum Gasteiger partial charge on any atom is 0.407 e. The van der Waals surface area contributed by atoms with Gasteiger partial charge in [0.05, 0.1) is 6.10 Å². The molecule has 4 heteroatoms. The van der Waals surface area contributed by atoms with Gasteiger partial charge < -0.3 is 14.8 Å². The van der Waals surface area contributed by atoms with Crippen LogP contribution in [-0.4, -0.2) is 30.9 Å². The number of hydrogen-bond acceptors (Lipinski definition) is 3. The van der Waals surface area contributed by atoms with Gasteiger partial charge in [0.15, 0.2) is 0 Å². The zero-order valence-electron chi connectivity index (χ0n) is 10.7. The van der Waals surface area contributed by atoms with Crippen molar-refractivity contribution in [3.05, 3.63) is 0 Å². The zero-order chi connectivity index (χ0) is 12.2. The Bertz CT molecular complexity index is 235. The van der Waals surface area contributed by atoms with Crippen LogP contribution in [0.3, 0.4) is 0 Å². The topological polar surface area (TPSA) is 47.6 Å². The van der Waals surface area contributed by atoms with Gasteiger partial charge in [0.1, 0.15) is 5.60 Å². The lowest BCUT2D eigenvalue weighted by Gasteiger charge is -2.27. The fourth-order valence-corrected chi connectivity index (χ4v) is 1.82. The summed E-state index contributed by atoms with van der Waals surface area (Å²) in [6, 6.07) is 0. The van der Waals surface area contributed by atoms with Crippen LogP contribution in [0.5, 0.6) is 0 Å². The minimum absolute atomic E-state index is 0.305. The van der Waals surface area contributed by atoms with Crippen molar-refractivity contribution in [3.63, 3.8) is 0 Å². The van der Waals surface area contributed by atoms with Crippen LogP contribution in [0.2, 0.25) is 0 Å². The molecule has 1 fully saturated rings. The van der Waals surface area contributed by atoms with Gasteiger partial charge in [-0.1, -0.05) is 0 Å². The van der Waals surface area contributed by atoms with Crippen molar-refractivity contribution in [1.29, 1.82) is 0 Å². The van der Waals surface area contributed by atoms with Crippen LogP contribution < -0.4 is 5.32 Å². The first-order chi connectivity index (χ1) is 7.37. The molecule has 0 aromatic heterocycles. The maximum absolute atomic E-state index is 11.4. The summed E-state index contributed by atoms with van der Waals surface area (Å²) in [7, 11) is 0. The van der Waals surface area contributed by atoms with Gasteiger partial charge in [-0.15, -0.1) is 0 Å². The average Bonchev–Trinajstić information content (AvgIpc) is 2.12. The Kier molecular flexibility index (Phi) is 4.59. The summed E-state index contributed by atoms with van der Waals surface area (Å²) in [5.74, 6) is 0.510. The number of hydrogen-bond donors (Lipinski definition) is 1. The number of ether oxygens (including phenoxy) is 2. The molecule has 1 heterocycles. The van der Waals surface area contributed by atoms with E-state index in [1.54, 1.807) is 0 Å². The second-order valence-electron chi connectivity index (χ2n) is 5.45. The van der Waals surface area contributed by atoms with E-state index in [4.69, 9.17) is 9.47 Å². The van der Waals surface area contributed by atoms with Crippen molar-refractivity contribution in [1.82, 2.24) is 5.32 Å². The number of nitrogens with one attached hydrogen (secondary N) is 1. The van der Waals surface area contributed by atoms with Crippen LogP contribution in [0, 0.1) is 5.92 Å². The first kappa shape index (κ1) is 13.3. The normalized spacial score (nSPS) is 26.2. The molecule has 2 atom stereocenters. The highest BCUT2D eigenvalue weighted by Crippen LogP contribution is 2.19. The Morgan fingerprint density at radius 3 is 2.75 bits per heavy atom. The average molecular weight is 229 g/mol. The molecule has 94 valence electrons. The molecule has 0 aromatic carbocycles. The minimum atomic E-state index is -0.424. The highest BCUT2D eigenvalue weighted by atomic mass is 16.6. The highest BCUT2D eigenvalue weighted by Gasteiger charge is 2.21. The van der Waals surface area contributed by atoms with Crippen molar-refractivity contribution < 1.29 is 14.3 Å². The molecule has 1 rings (SSSR count). The lowest BCUT2D eigenvalue weighted by molar-refractivity contribution is 0.00125. The van der Waals surface area contributed by atoms with E-state index >= 15 is 0 Å². The smallest absolute Gasteiger partial charge is 0.407 e. The third kappa shape index (κ3) is 5.35. The van der Waals surface area contributed by atoms with E-state index in [0.29, 0.717) is 18.6 Å². The third-order valence-corrected chi connectivity index (χ3v) is 2.53. The van der Waals surface area contributed by atoms with Crippen LogP contribution in [0.1, 0.15) is 40.5 Å². The summed E-state index contributed by atoms with van der Waals surface area (Å²) in [5.41, 5.74) is -0.424. The van der Waals surface area contributed by atoms with E-state index in [9.17, 15) is 4.79 Å². The number of carbonyl (C=O) groups is 1. The van der Waals surface area contributed by atoms with Gasteiger partial charge in [-0.05, 0) is 46.5 Å². The van der Waals surface area contributed by atoms with Crippen LogP contribution >= 0.6 is 0 Å². The highest BCUT2D eigenvalue weighted by molar-refractivity contribution is 5.67. The van der Waals surface area contributed by atoms with Gasteiger partial charge in [-0.2, -0.15) is 0 Å². The van der Waals surface area contributed by atoms with E-state index in [1.165, 1.54) is 0 Å². The zero-order valence-corrected chi connectivity index (χ0v) is 10.7. The summed E-state index contributed by atoms with van der Waals surface area (Å²) >= 11 is 0. The fourth-order valence-electron chi connectivity index (χ4n) is 1.82. The molecular weight excluding hydrogens is 206 g/mol. The predicted molar refractivity (Wildman–Crippen MR) is 62.4 cm³/mol. The van der Waals surface area contributed by atoms with Gasteiger partial charge in [-0.25, -0.2) is 4.79 Å². The van der Waals surface area contributed by atoms with E-state index in [1.807, 2.05) is 20.8 Å². The van der Waals surface area contributed by atoms with Crippen LogP contribution in [0.15, 0.2) is 0 Å². The van der Waals surface area contributed by atoms with Gasteiger partial charge in [0, 0.05) is 13.2 Å². The van der Waals surface area contributed by atoms with E-state index in [0.717, 1.165) is 19.4 Å². The molecule has 1 N–H and O–H groups in total. The molecule has 1 aliphatic heterocycles. The molecule has 0 saturated carbocycles. The van der Waals surface area contributed by atoms with Crippen molar-refractivity contribution in [2.75, 3.05) is 13.2 Å². The number of alkyl carbamates (subject to hydrolysis) is 1. The van der Waals surface area contributed by atoms with Crippen LogP contribution in [-0.2, 0) is 9.47 Å². The summed E-state index contributed by atoms with van der Waals surface area (Å²) in [5, 5.41) is 2.81. The summed E-state index contributed by atoms with van der Waals surface area (Å²) in [6.45, 7) is 9.14. The van der Waals surface area contributed by atoms with Crippen molar-refractivity contribution in [3.8, 4) is 0 Å². The van der Waals surface area contributed by atoms with E-state index in [-0.39, 0.29) is 6.09 Å². The fraction of sp³-hybridized carbons (Fsp3) is 0.917. The first-order valence-corrected chi connectivity index (χ1v) is 5.95.